The summed E-state index contributed by atoms with van der Waals surface area (Å²) in [4.78, 5) is 18.7. The summed E-state index contributed by atoms with van der Waals surface area (Å²) < 4.78 is 46.6. The zero-order valence-corrected chi connectivity index (χ0v) is 17.6. The molecule has 1 fully saturated rings. The molecular formula is C22H24F3N5O2. The number of aryl methyl sites for hydroxylation is 1. The minimum absolute atomic E-state index is 0.0672. The second-order valence-corrected chi connectivity index (χ2v) is 7.97. The number of nitrogens with zero attached hydrogens (tertiary/aromatic N) is 3. The zero-order valence-electron chi connectivity index (χ0n) is 17.6. The summed E-state index contributed by atoms with van der Waals surface area (Å²) in [6, 6.07) is 8.59. The van der Waals surface area contributed by atoms with E-state index < -0.39 is 11.7 Å². The molecule has 0 bridgehead atoms. The number of piperidine rings is 1. The molecule has 1 aliphatic rings. The van der Waals surface area contributed by atoms with Crippen LogP contribution >= 0.6 is 0 Å². The fraction of sp³-hybridized carbons (Fsp3) is 0.409. The van der Waals surface area contributed by atoms with E-state index in [-0.39, 0.29) is 47.4 Å². The predicted octanol–water partition coefficient (Wildman–Crippen LogP) is 4.04. The molecule has 7 nitrogen and oxygen atoms in total. The number of ether oxygens (including phenoxy) is 1. The minimum Gasteiger partial charge on any atom is -0.493 e. The lowest BCUT2D eigenvalue weighted by Crippen LogP contribution is -2.39. The summed E-state index contributed by atoms with van der Waals surface area (Å²) in [7, 11) is 0. The fourth-order valence-corrected chi connectivity index (χ4v) is 4.07. The number of fused-ring (bicyclic) bond motifs is 1. The van der Waals surface area contributed by atoms with E-state index in [9.17, 15) is 18.0 Å². The van der Waals surface area contributed by atoms with Crippen molar-refractivity contribution in [2.24, 2.45) is 0 Å². The number of aromatic amines is 1. The molecule has 1 aromatic carbocycles. The molecule has 170 valence electrons. The molecule has 3 heterocycles. The molecule has 1 atom stereocenters. The molecule has 0 saturated carbocycles. The summed E-state index contributed by atoms with van der Waals surface area (Å²) in [5.41, 5.74) is 5.96. The van der Waals surface area contributed by atoms with Gasteiger partial charge in [0, 0.05) is 24.7 Å². The average molecular weight is 447 g/mol. The van der Waals surface area contributed by atoms with E-state index in [2.05, 4.69) is 15.2 Å². The lowest BCUT2D eigenvalue weighted by atomic mass is 9.92. The highest BCUT2D eigenvalue weighted by molar-refractivity contribution is 5.89. The first-order chi connectivity index (χ1) is 15.2. The highest BCUT2D eigenvalue weighted by Gasteiger charge is 2.36. The quantitative estimate of drug-likeness (QED) is 0.615. The Kier molecular flexibility index (Phi) is 5.94. The number of nitrogens with one attached hydrogen (secondary N) is 1. The molecule has 2 aromatic heterocycles. The van der Waals surface area contributed by atoms with Crippen LogP contribution in [0.2, 0.25) is 0 Å². The second-order valence-electron chi connectivity index (χ2n) is 7.97. The number of aromatic nitrogens is 3. The number of nitrogen functional groups attached to an aromatic ring is 1. The van der Waals surface area contributed by atoms with Gasteiger partial charge in [-0.25, -0.2) is 4.98 Å². The number of hydrogen-bond donors (Lipinski definition) is 2. The highest BCUT2D eigenvalue weighted by Crippen LogP contribution is 2.38. The number of para-hydroxylation sites is 1. The smallest absolute Gasteiger partial charge is 0.417 e. The van der Waals surface area contributed by atoms with Crippen molar-refractivity contribution in [1.29, 1.82) is 0 Å². The van der Waals surface area contributed by atoms with Crippen LogP contribution in [0.3, 0.4) is 0 Å². The molecule has 1 amide bonds. The van der Waals surface area contributed by atoms with Crippen molar-refractivity contribution in [3.63, 3.8) is 0 Å². The first kappa shape index (κ1) is 21.9. The SMILES string of the molecule is Cc1ccccc1OCCC(=O)N1CCC[C@@H](c2cc(C(F)(F)F)c3c(N)[nH]nc3n2)C1. The van der Waals surface area contributed by atoms with Crippen LogP contribution in [0.25, 0.3) is 11.0 Å². The van der Waals surface area contributed by atoms with Gasteiger partial charge in [-0.3, -0.25) is 9.89 Å². The van der Waals surface area contributed by atoms with Crippen LogP contribution in [0.15, 0.2) is 30.3 Å². The number of pyridine rings is 1. The van der Waals surface area contributed by atoms with Crippen LogP contribution in [0.5, 0.6) is 5.75 Å². The van der Waals surface area contributed by atoms with E-state index >= 15 is 0 Å². The topological polar surface area (TPSA) is 97.1 Å². The molecule has 32 heavy (non-hydrogen) atoms. The maximum absolute atomic E-state index is 13.6. The van der Waals surface area contributed by atoms with E-state index in [1.54, 1.807) is 4.90 Å². The maximum Gasteiger partial charge on any atom is 0.417 e. The summed E-state index contributed by atoms with van der Waals surface area (Å²) in [6.45, 7) is 3.03. The Labute approximate surface area is 182 Å². The molecule has 4 rings (SSSR count). The fourth-order valence-electron chi connectivity index (χ4n) is 4.07. The molecular weight excluding hydrogens is 423 g/mol. The van der Waals surface area contributed by atoms with Gasteiger partial charge in [-0.1, -0.05) is 18.2 Å². The number of hydrogen-bond acceptors (Lipinski definition) is 5. The molecule has 10 heteroatoms. The van der Waals surface area contributed by atoms with Gasteiger partial charge in [-0.05, 0) is 37.5 Å². The van der Waals surface area contributed by atoms with E-state index in [4.69, 9.17) is 10.5 Å². The molecule has 0 radical (unpaired) electrons. The standard InChI is InChI=1S/C22H24F3N5O2/c1-13-5-2-3-7-17(13)32-10-8-18(31)30-9-4-6-14(12-30)16-11-15(22(23,24)25)19-20(26)28-29-21(19)27-16/h2-3,5,7,11,14H,4,6,8-10,12H2,1H3,(H3,26,27,28,29)/t14-/m1/s1. The number of benzene rings is 1. The number of halogens is 3. The number of alkyl halides is 3. The molecule has 3 N–H and O–H groups in total. The van der Waals surface area contributed by atoms with Crippen molar-refractivity contribution in [1.82, 2.24) is 20.1 Å². The van der Waals surface area contributed by atoms with Gasteiger partial charge in [0.05, 0.1) is 24.0 Å². The number of amides is 1. The summed E-state index contributed by atoms with van der Waals surface area (Å²) in [6.07, 6.45) is -3.08. The van der Waals surface area contributed by atoms with Crippen LogP contribution in [-0.4, -0.2) is 45.7 Å². The Balaban J connectivity index is 1.46. The van der Waals surface area contributed by atoms with Crippen LogP contribution in [0.1, 0.15) is 42.0 Å². The predicted molar refractivity (Wildman–Crippen MR) is 113 cm³/mol. The number of likely N-dealkylation sites (tertiary alicyclic amines) is 1. The lowest BCUT2D eigenvalue weighted by molar-refractivity contribution is -0.136. The second kappa shape index (κ2) is 8.68. The summed E-state index contributed by atoms with van der Waals surface area (Å²) in [5, 5.41) is 5.97. The molecule has 3 aromatic rings. The van der Waals surface area contributed by atoms with Crippen molar-refractivity contribution < 1.29 is 22.7 Å². The largest absolute Gasteiger partial charge is 0.493 e. The highest BCUT2D eigenvalue weighted by atomic mass is 19.4. The Hall–Kier alpha value is -3.30. The van der Waals surface area contributed by atoms with Crippen molar-refractivity contribution in [2.45, 2.75) is 38.3 Å². The summed E-state index contributed by atoms with van der Waals surface area (Å²) in [5.74, 6) is 0.158. The number of carbonyl (C=O) groups excluding carboxylic acids is 1. The van der Waals surface area contributed by atoms with E-state index in [1.165, 1.54) is 0 Å². The molecule has 1 aliphatic heterocycles. The Morgan fingerprint density at radius 2 is 2.12 bits per heavy atom. The Bertz CT molecular complexity index is 1130. The third-order valence-electron chi connectivity index (χ3n) is 5.74. The monoisotopic (exact) mass is 447 g/mol. The Morgan fingerprint density at radius 1 is 1.34 bits per heavy atom. The third kappa shape index (κ3) is 4.49. The van der Waals surface area contributed by atoms with E-state index in [0.29, 0.717) is 25.9 Å². The van der Waals surface area contributed by atoms with Crippen LogP contribution in [0.4, 0.5) is 19.0 Å². The Morgan fingerprint density at radius 3 is 2.88 bits per heavy atom. The van der Waals surface area contributed by atoms with Crippen LogP contribution < -0.4 is 10.5 Å². The van der Waals surface area contributed by atoms with Gasteiger partial charge in [-0.2, -0.15) is 18.3 Å². The lowest BCUT2D eigenvalue weighted by Gasteiger charge is -2.33. The van der Waals surface area contributed by atoms with Crippen LogP contribution in [-0.2, 0) is 11.0 Å². The van der Waals surface area contributed by atoms with Gasteiger partial charge in [0.25, 0.3) is 0 Å². The van der Waals surface area contributed by atoms with Gasteiger partial charge in [0.1, 0.15) is 11.6 Å². The summed E-state index contributed by atoms with van der Waals surface area (Å²) >= 11 is 0. The number of anilines is 1. The zero-order chi connectivity index (χ0) is 22.9. The number of nitrogens with two attached hydrogens (primary N) is 1. The first-order valence-electron chi connectivity index (χ1n) is 10.4. The maximum atomic E-state index is 13.6. The van der Waals surface area contributed by atoms with Gasteiger partial charge in [0.15, 0.2) is 5.65 Å². The normalized spacial score (nSPS) is 17.0. The average Bonchev–Trinajstić information content (AvgIpc) is 3.14. The molecule has 0 aliphatic carbocycles. The number of H-pyrrole nitrogens is 1. The molecule has 1 saturated heterocycles. The number of carbonyl (C=O) groups is 1. The van der Waals surface area contributed by atoms with Crippen LogP contribution in [0, 0.1) is 6.92 Å². The number of rotatable bonds is 5. The van der Waals surface area contributed by atoms with Gasteiger partial charge < -0.3 is 15.4 Å². The third-order valence-corrected chi connectivity index (χ3v) is 5.74. The van der Waals surface area contributed by atoms with Gasteiger partial charge in [0.2, 0.25) is 5.91 Å². The van der Waals surface area contributed by atoms with Crippen molar-refractivity contribution in [2.75, 3.05) is 25.4 Å². The first-order valence-corrected chi connectivity index (χ1v) is 10.4. The van der Waals surface area contributed by atoms with Crippen molar-refractivity contribution >= 4 is 22.8 Å². The van der Waals surface area contributed by atoms with Crippen molar-refractivity contribution in [3.05, 3.63) is 47.2 Å². The minimum atomic E-state index is -4.59. The molecule has 0 spiro atoms. The van der Waals surface area contributed by atoms with E-state index in [0.717, 1.165) is 17.4 Å². The van der Waals surface area contributed by atoms with Gasteiger partial charge in [-0.15, -0.1) is 0 Å². The van der Waals surface area contributed by atoms with Gasteiger partial charge >= 0.3 is 6.18 Å². The van der Waals surface area contributed by atoms with Crippen molar-refractivity contribution in [3.8, 4) is 5.75 Å². The molecule has 0 unspecified atom stereocenters. The van der Waals surface area contributed by atoms with E-state index in [1.807, 2.05) is 31.2 Å².